The molecule has 0 bridgehead atoms. The van der Waals surface area contributed by atoms with E-state index in [1.54, 1.807) is 6.07 Å². The molecule has 0 aliphatic carbocycles. The number of nitrogens with zero attached hydrogens (tertiary/aromatic N) is 1. The fourth-order valence-electron chi connectivity index (χ4n) is 3.00. The minimum Gasteiger partial charge on any atom is -0.369 e. The van der Waals surface area contributed by atoms with Gasteiger partial charge in [-0.3, -0.25) is 0 Å². The van der Waals surface area contributed by atoms with E-state index < -0.39 is 11.6 Å². The first-order valence-corrected chi connectivity index (χ1v) is 7.14. The summed E-state index contributed by atoms with van der Waals surface area (Å²) in [5, 5.41) is 0. The van der Waals surface area contributed by atoms with E-state index in [1.165, 1.54) is 17.7 Å². The molecule has 0 amide bonds. The highest BCUT2D eigenvalue weighted by atomic mass is 19.2. The van der Waals surface area contributed by atoms with Crippen LogP contribution in [0.15, 0.2) is 48.5 Å². The molecule has 2 atom stereocenters. The minimum absolute atomic E-state index is 0.0251. The van der Waals surface area contributed by atoms with Crippen LogP contribution in [-0.2, 0) is 0 Å². The van der Waals surface area contributed by atoms with Gasteiger partial charge in [0, 0.05) is 36.8 Å². The Morgan fingerprint density at radius 1 is 0.952 bits per heavy atom. The quantitative estimate of drug-likeness (QED) is 0.919. The van der Waals surface area contributed by atoms with Gasteiger partial charge in [0.25, 0.3) is 0 Å². The molecule has 110 valence electrons. The van der Waals surface area contributed by atoms with Crippen molar-refractivity contribution < 1.29 is 8.78 Å². The maximum atomic E-state index is 13.4. The number of hydrogen-bond donors (Lipinski definition) is 1. The van der Waals surface area contributed by atoms with E-state index in [-0.39, 0.29) is 6.04 Å². The smallest absolute Gasteiger partial charge is 0.160 e. The Labute approximate surface area is 123 Å². The zero-order valence-corrected chi connectivity index (χ0v) is 11.7. The Hall–Kier alpha value is -1.94. The summed E-state index contributed by atoms with van der Waals surface area (Å²) in [7, 11) is 0. The van der Waals surface area contributed by atoms with Gasteiger partial charge in [-0.1, -0.05) is 30.3 Å². The average Bonchev–Trinajstić information content (AvgIpc) is 2.50. The highest BCUT2D eigenvalue weighted by molar-refractivity contribution is 5.48. The molecule has 1 saturated heterocycles. The van der Waals surface area contributed by atoms with E-state index in [0.29, 0.717) is 18.2 Å². The number of rotatable bonds is 2. The molecule has 1 fully saturated rings. The van der Waals surface area contributed by atoms with Gasteiger partial charge in [0.15, 0.2) is 11.6 Å². The van der Waals surface area contributed by atoms with Gasteiger partial charge >= 0.3 is 0 Å². The van der Waals surface area contributed by atoms with Gasteiger partial charge in [-0.2, -0.15) is 0 Å². The van der Waals surface area contributed by atoms with Crippen molar-refractivity contribution in [2.75, 3.05) is 18.0 Å². The predicted octanol–water partition coefficient (Wildman–Crippen LogP) is 3.29. The van der Waals surface area contributed by atoms with Crippen LogP contribution in [0.1, 0.15) is 17.9 Å². The van der Waals surface area contributed by atoms with Crippen molar-refractivity contribution in [1.82, 2.24) is 0 Å². The standard InChI is InChI=1S/C17H18F2N2/c18-16-7-6-15(9-17(16)19)21-10-13(8-14(20)11-21)12-4-2-1-3-5-12/h1-7,9,13-14H,8,10-11,20H2. The van der Waals surface area contributed by atoms with Crippen LogP contribution in [-0.4, -0.2) is 19.1 Å². The minimum atomic E-state index is -0.820. The highest BCUT2D eigenvalue weighted by Crippen LogP contribution is 2.30. The predicted molar refractivity (Wildman–Crippen MR) is 80.3 cm³/mol. The lowest BCUT2D eigenvalue weighted by Crippen LogP contribution is -2.46. The summed E-state index contributed by atoms with van der Waals surface area (Å²) in [6.45, 7) is 1.43. The van der Waals surface area contributed by atoms with Crippen LogP contribution in [0, 0.1) is 11.6 Å². The Kier molecular flexibility index (Phi) is 3.88. The molecule has 0 aromatic heterocycles. The Morgan fingerprint density at radius 3 is 2.43 bits per heavy atom. The van der Waals surface area contributed by atoms with Crippen LogP contribution in [0.5, 0.6) is 0 Å². The topological polar surface area (TPSA) is 29.3 Å². The summed E-state index contributed by atoms with van der Waals surface area (Å²) in [4.78, 5) is 2.04. The molecule has 21 heavy (non-hydrogen) atoms. The molecule has 1 aliphatic rings. The zero-order valence-electron chi connectivity index (χ0n) is 11.7. The Balaban J connectivity index is 1.84. The molecule has 2 N–H and O–H groups in total. The second kappa shape index (κ2) is 5.82. The van der Waals surface area contributed by atoms with Crippen molar-refractivity contribution in [3.63, 3.8) is 0 Å². The maximum Gasteiger partial charge on any atom is 0.160 e. The third kappa shape index (κ3) is 3.05. The fraction of sp³-hybridized carbons (Fsp3) is 0.294. The van der Waals surface area contributed by atoms with Crippen LogP contribution in [0.3, 0.4) is 0 Å². The number of piperidine rings is 1. The molecule has 1 aliphatic heterocycles. The number of benzene rings is 2. The van der Waals surface area contributed by atoms with E-state index in [2.05, 4.69) is 12.1 Å². The summed E-state index contributed by atoms with van der Waals surface area (Å²) in [5.74, 6) is -1.33. The molecule has 2 aromatic rings. The lowest BCUT2D eigenvalue weighted by atomic mass is 9.88. The van der Waals surface area contributed by atoms with Gasteiger partial charge in [-0.15, -0.1) is 0 Å². The molecule has 2 aromatic carbocycles. The van der Waals surface area contributed by atoms with E-state index >= 15 is 0 Å². The van der Waals surface area contributed by atoms with Gasteiger partial charge in [0.05, 0.1) is 0 Å². The summed E-state index contributed by atoms with van der Waals surface area (Å²) < 4.78 is 26.5. The normalized spacial score (nSPS) is 22.3. The number of anilines is 1. The molecule has 0 saturated carbocycles. The van der Waals surface area contributed by atoms with Gasteiger partial charge in [0.2, 0.25) is 0 Å². The third-order valence-electron chi connectivity index (χ3n) is 4.02. The first kappa shape index (κ1) is 14.0. The molecule has 1 heterocycles. The van der Waals surface area contributed by atoms with Gasteiger partial charge < -0.3 is 10.6 Å². The molecule has 2 unspecified atom stereocenters. The monoisotopic (exact) mass is 288 g/mol. The largest absolute Gasteiger partial charge is 0.369 e. The van der Waals surface area contributed by atoms with Crippen molar-refractivity contribution in [3.8, 4) is 0 Å². The lowest BCUT2D eigenvalue weighted by molar-refractivity contribution is 0.452. The van der Waals surface area contributed by atoms with Crippen molar-refractivity contribution >= 4 is 5.69 Å². The molecule has 0 radical (unpaired) electrons. The van der Waals surface area contributed by atoms with Crippen LogP contribution < -0.4 is 10.6 Å². The van der Waals surface area contributed by atoms with Crippen molar-refractivity contribution in [3.05, 3.63) is 65.7 Å². The maximum absolute atomic E-state index is 13.4. The van der Waals surface area contributed by atoms with Gasteiger partial charge in [-0.05, 0) is 24.1 Å². The first-order valence-electron chi connectivity index (χ1n) is 7.14. The van der Waals surface area contributed by atoms with Crippen LogP contribution in [0.4, 0.5) is 14.5 Å². The van der Waals surface area contributed by atoms with Crippen molar-refractivity contribution in [1.29, 1.82) is 0 Å². The van der Waals surface area contributed by atoms with E-state index in [9.17, 15) is 8.78 Å². The fourth-order valence-corrected chi connectivity index (χ4v) is 3.00. The number of halogens is 2. The van der Waals surface area contributed by atoms with E-state index in [1.807, 2.05) is 23.1 Å². The summed E-state index contributed by atoms with van der Waals surface area (Å²) in [5.41, 5.74) is 8.07. The summed E-state index contributed by atoms with van der Waals surface area (Å²) >= 11 is 0. The molecule has 0 spiro atoms. The lowest BCUT2D eigenvalue weighted by Gasteiger charge is -2.38. The second-order valence-electron chi connectivity index (χ2n) is 5.61. The Bertz CT molecular complexity index is 615. The summed E-state index contributed by atoms with van der Waals surface area (Å²) in [6, 6.07) is 14.2. The molecular formula is C17H18F2N2. The van der Waals surface area contributed by atoms with Crippen molar-refractivity contribution in [2.45, 2.75) is 18.4 Å². The zero-order chi connectivity index (χ0) is 14.8. The molecular weight excluding hydrogens is 270 g/mol. The van der Waals surface area contributed by atoms with Crippen LogP contribution in [0.25, 0.3) is 0 Å². The van der Waals surface area contributed by atoms with Gasteiger partial charge in [0.1, 0.15) is 0 Å². The summed E-state index contributed by atoms with van der Waals surface area (Å²) in [6.07, 6.45) is 0.907. The SMILES string of the molecule is NC1CC(c2ccccc2)CN(c2ccc(F)c(F)c2)C1. The van der Waals surface area contributed by atoms with Crippen LogP contribution >= 0.6 is 0 Å². The van der Waals surface area contributed by atoms with E-state index in [0.717, 1.165) is 13.0 Å². The molecule has 3 rings (SSSR count). The highest BCUT2D eigenvalue weighted by Gasteiger charge is 2.26. The number of nitrogens with two attached hydrogens (primary N) is 1. The first-order chi connectivity index (χ1) is 10.1. The third-order valence-corrected chi connectivity index (χ3v) is 4.02. The molecule has 4 heteroatoms. The van der Waals surface area contributed by atoms with Gasteiger partial charge in [-0.25, -0.2) is 8.78 Å². The second-order valence-corrected chi connectivity index (χ2v) is 5.61. The van der Waals surface area contributed by atoms with Crippen molar-refractivity contribution in [2.24, 2.45) is 5.73 Å². The Morgan fingerprint density at radius 2 is 1.71 bits per heavy atom. The average molecular weight is 288 g/mol. The number of hydrogen-bond acceptors (Lipinski definition) is 2. The molecule has 2 nitrogen and oxygen atoms in total. The van der Waals surface area contributed by atoms with E-state index in [4.69, 9.17) is 5.73 Å². The van der Waals surface area contributed by atoms with Crippen LogP contribution in [0.2, 0.25) is 0 Å².